The Morgan fingerprint density at radius 3 is 2.52 bits per heavy atom. The highest BCUT2D eigenvalue weighted by Gasteiger charge is 2.04. The van der Waals surface area contributed by atoms with Crippen LogP contribution < -0.4 is 20.9 Å². The van der Waals surface area contributed by atoms with E-state index in [1.807, 2.05) is 0 Å². The number of amides is 1. The molecule has 0 atom stereocenters. The molecule has 0 saturated carbocycles. The van der Waals surface area contributed by atoms with Gasteiger partial charge in [-0.05, 0) is 49.3 Å². The van der Waals surface area contributed by atoms with Crippen molar-refractivity contribution in [2.75, 3.05) is 20.3 Å². The molecule has 9 heteroatoms. The van der Waals surface area contributed by atoms with Crippen molar-refractivity contribution in [2.24, 2.45) is 0 Å². The highest BCUT2D eigenvalue weighted by molar-refractivity contribution is 7.80. The van der Waals surface area contributed by atoms with Crippen molar-refractivity contribution >= 4 is 29.2 Å². The summed E-state index contributed by atoms with van der Waals surface area (Å²) in [5.74, 6) is -0.619. The van der Waals surface area contributed by atoms with Crippen LogP contribution in [0.2, 0.25) is 0 Å². The molecule has 0 aromatic heterocycles. The number of rotatable bonds is 9. The van der Waals surface area contributed by atoms with E-state index < -0.39 is 5.91 Å². The normalized spacial score (nSPS) is 9.84. The van der Waals surface area contributed by atoms with Gasteiger partial charge in [-0.25, -0.2) is 4.39 Å². The van der Waals surface area contributed by atoms with Crippen LogP contribution in [0.4, 0.5) is 4.39 Å². The Morgan fingerprint density at radius 2 is 1.84 bits per heavy atom. The first-order chi connectivity index (χ1) is 12.0. The van der Waals surface area contributed by atoms with Crippen LogP contribution in [0.25, 0.3) is 0 Å². The van der Waals surface area contributed by atoms with Crippen LogP contribution in [0.1, 0.15) is 25.7 Å². The summed E-state index contributed by atoms with van der Waals surface area (Å²) >= 11 is 5.01. The van der Waals surface area contributed by atoms with Crippen molar-refractivity contribution in [2.45, 2.75) is 25.7 Å². The van der Waals surface area contributed by atoms with Crippen LogP contribution in [-0.4, -0.2) is 37.3 Å². The number of hydrogen-bond acceptors (Lipinski definition) is 5. The van der Waals surface area contributed by atoms with Crippen molar-refractivity contribution < 1.29 is 23.5 Å². The molecule has 1 aromatic carbocycles. The summed E-state index contributed by atoms with van der Waals surface area (Å²) in [6.07, 6.45) is 2.86. The smallest absolute Gasteiger partial charge is 0.305 e. The first-order valence-electron chi connectivity index (χ1n) is 7.79. The Bertz CT molecular complexity index is 569. The van der Waals surface area contributed by atoms with Crippen LogP contribution in [0, 0.1) is 5.82 Å². The van der Waals surface area contributed by atoms with E-state index >= 15 is 0 Å². The monoisotopic (exact) mass is 371 g/mol. The molecular formula is C16H22FN3O4S. The van der Waals surface area contributed by atoms with Gasteiger partial charge in [-0.1, -0.05) is 6.42 Å². The number of unbranched alkanes of at least 4 members (excludes halogenated alkanes) is 2. The molecule has 0 aliphatic heterocycles. The van der Waals surface area contributed by atoms with Gasteiger partial charge >= 0.3 is 5.97 Å². The molecule has 7 nitrogen and oxygen atoms in total. The van der Waals surface area contributed by atoms with Crippen LogP contribution in [0.5, 0.6) is 5.75 Å². The fraction of sp³-hybridized carbons (Fsp3) is 0.438. The van der Waals surface area contributed by atoms with E-state index in [1.54, 1.807) is 0 Å². The van der Waals surface area contributed by atoms with Crippen molar-refractivity contribution in [3.05, 3.63) is 30.1 Å². The van der Waals surface area contributed by atoms with E-state index in [0.717, 1.165) is 19.3 Å². The van der Waals surface area contributed by atoms with Gasteiger partial charge in [0.25, 0.3) is 5.91 Å². The Morgan fingerprint density at radius 1 is 1.12 bits per heavy atom. The number of esters is 1. The third-order valence-electron chi connectivity index (χ3n) is 3.07. The van der Waals surface area contributed by atoms with Crippen molar-refractivity contribution in [1.29, 1.82) is 0 Å². The first kappa shape index (κ1) is 20.6. The minimum absolute atomic E-state index is 0.212. The molecule has 0 unspecified atom stereocenters. The summed E-state index contributed by atoms with van der Waals surface area (Å²) in [5.41, 5.74) is 4.94. The average molecular weight is 371 g/mol. The lowest BCUT2D eigenvalue weighted by Crippen LogP contribution is -2.48. The summed E-state index contributed by atoms with van der Waals surface area (Å²) in [5, 5.41) is 3.21. The molecule has 0 spiro atoms. The molecule has 0 fully saturated rings. The molecule has 138 valence electrons. The van der Waals surface area contributed by atoms with Crippen LogP contribution >= 0.6 is 12.2 Å². The standard InChI is InChI=1S/C16H22FN3O4S/c1-23-15(22)5-3-2-4-10-18-16(25)20-19-14(21)11-24-13-8-6-12(17)7-9-13/h6-9H,2-5,10-11H2,1H3,(H,19,21)(H2,18,20,25). The lowest BCUT2D eigenvalue weighted by atomic mass is 10.2. The Hall–Kier alpha value is -2.42. The molecule has 1 amide bonds. The zero-order valence-corrected chi connectivity index (χ0v) is 14.8. The molecular weight excluding hydrogens is 349 g/mol. The van der Waals surface area contributed by atoms with Gasteiger partial charge in [0.2, 0.25) is 0 Å². The van der Waals surface area contributed by atoms with E-state index in [1.165, 1.54) is 31.4 Å². The van der Waals surface area contributed by atoms with Crippen LogP contribution in [0.15, 0.2) is 24.3 Å². The highest BCUT2D eigenvalue weighted by Crippen LogP contribution is 2.10. The molecule has 0 radical (unpaired) electrons. The van der Waals surface area contributed by atoms with E-state index in [2.05, 4.69) is 20.9 Å². The van der Waals surface area contributed by atoms with Gasteiger partial charge in [-0.3, -0.25) is 20.4 Å². The molecule has 25 heavy (non-hydrogen) atoms. The number of benzene rings is 1. The lowest BCUT2D eigenvalue weighted by Gasteiger charge is -2.12. The summed E-state index contributed by atoms with van der Waals surface area (Å²) in [7, 11) is 1.37. The van der Waals surface area contributed by atoms with E-state index in [9.17, 15) is 14.0 Å². The molecule has 0 aliphatic rings. The third kappa shape index (κ3) is 10.1. The topological polar surface area (TPSA) is 88.7 Å². The van der Waals surface area contributed by atoms with E-state index in [-0.39, 0.29) is 23.5 Å². The molecule has 3 N–H and O–H groups in total. The zero-order chi connectivity index (χ0) is 18.5. The molecule has 0 aliphatic carbocycles. The number of ether oxygens (including phenoxy) is 2. The SMILES string of the molecule is COC(=O)CCCCCNC(=S)NNC(=O)COc1ccc(F)cc1. The number of halogens is 1. The second-order valence-corrected chi connectivity index (χ2v) is 5.47. The van der Waals surface area contributed by atoms with E-state index in [4.69, 9.17) is 17.0 Å². The molecule has 1 aromatic rings. The van der Waals surface area contributed by atoms with Crippen molar-refractivity contribution in [1.82, 2.24) is 16.2 Å². The number of methoxy groups -OCH3 is 1. The predicted molar refractivity (Wildman–Crippen MR) is 94.3 cm³/mol. The summed E-state index contributed by atoms with van der Waals surface area (Å²) in [4.78, 5) is 22.5. The number of nitrogens with one attached hydrogen (secondary N) is 3. The Labute approximate surface area is 151 Å². The van der Waals surface area contributed by atoms with Crippen molar-refractivity contribution in [3.63, 3.8) is 0 Å². The molecule has 0 bridgehead atoms. The Balaban J connectivity index is 2.04. The second kappa shape index (κ2) is 12.0. The summed E-state index contributed by atoms with van der Waals surface area (Å²) in [6, 6.07) is 5.36. The average Bonchev–Trinajstić information content (AvgIpc) is 2.62. The van der Waals surface area contributed by atoms with Gasteiger partial charge in [-0.15, -0.1) is 0 Å². The largest absolute Gasteiger partial charge is 0.484 e. The number of carbonyl (C=O) groups is 2. The number of hydrazine groups is 1. The summed E-state index contributed by atoms with van der Waals surface area (Å²) < 4.78 is 22.5. The van der Waals surface area contributed by atoms with Crippen LogP contribution in [0.3, 0.4) is 0 Å². The molecule has 0 saturated heterocycles. The zero-order valence-electron chi connectivity index (χ0n) is 14.0. The third-order valence-corrected chi connectivity index (χ3v) is 3.32. The maximum Gasteiger partial charge on any atom is 0.305 e. The number of thiocarbonyl (C=S) groups is 1. The quantitative estimate of drug-likeness (QED) is 0.262. The second-order valence-electron chi connectivity index (χ2n) is 5.06. The highest BCUT2D eigenvalue weighted by atomic mass is 32.1. The minimum atomic E-state index is -0.424. The maximum atomic E-state index is 12.7. The Kier molecular flexibility index (Phi) is 9.91. The number of hydrogen-bond donors (Lipinski definition) is 3. The lowest BCUT2D eigenvalue weighted by molar-refractivity contribution is -0.140. The first-order valence-corrected chi connectivity index (χ1v) is 8.20. The van der Waals surface area contributed by atoms with Gasteiger partial charge in [0.1, 0.15) is 11.6 Å². The van der Waals surface area contributed by atoms with Gasteiger partial charge in [0, 0.05) is 13.0 Å². The van der Waals surface area contributed by atoms with Gasteiger partial charge in [0.05, 0.1) is 7.11 Å². The van der Waals surface area contributed by atoms with E-state index in [0.29, 0.717) is 18.7 Å². The van der Waals surface area contributed by atoms with Crippen LogP contribution in [-0.2, 0) is 14.3 Å². The predicted octanol–water partition coefficient (Wildman–Crippen LogP) is 1.43. The minimum Gasteiger partial charge on any atom is -0.484 e. The summed E-state index contributed by atoms with van der Waals surface area (Å²) in [6.45, 7) is 0.393. The van der Waals surface area contributed by atoms with Gasteiger partial charge < -0.3 is 14.8 Å². The molecule has 1 rings (SSSR count). The van der Waals surface area contributed by atoms with Gasteiger partial charge in [0.15, 0.2) is 11.7 Å². The fourth-order valence-corrected chi connectivity index (χ4v) is 1.91. The fourth-order valence-electron chi connectivity index (χ4n) is 1.76. The maximum absolute atomic E-state index is 12.7. The van der Waals surface area contributed by atoms with Gasteiger partial charge in [-0.2, -0.15) is 0 Å². The number of carbonyl (C=O) groups excluding carboxylic acids is 2. The molecule has 0 heterocycles. The van der Waals surface area contributed by atoms with Crippen molar-refractivity contribution in [3.8, 4) is 5.75 Å².